The molecule has 1 fully saturated rings. The van der Waals surface area contributed by atoms with Crippen LogP contribution in [0.5, 0.6) is 0 Å². The quantitative estimate of drug-likeness (QED) is 0.696. The van der Waals surface area contributed by atoms with E-state index < -0.39 is 0 Å². The highest BCUT2D eigenvalue weighted by Gasteiger charge is 2.22. The summed E-state index contributed by atoms with van der Waals surface area (Å²) in [6, 6.07) is 0. The lowest BCUT2D eigenvalue weighted by Gasteiger charge is -2.27. The van der Waals surface area contributed by atoms with Crippen LogP contribution in [0.15, 0.2) is 0 Å². The van der Waals surface area contributed by atoms with E-state index in [1.165, 1.54) is 6.92 Å². The van der Waals surface area contributed by atoms with E-state index >= 15 is 0 Å². The van der Waals surface area contributed by atoms with Crippen LogP contribution < -0.4 is 5.32 Å². The molecule has 0 aromatic heterocycles. The van der Waals surface area contributed by atoms with E-state index in [-0.39, 0.29) is 24.2 Å². The molecule has 1 aliphatic rings. The fourth-order valence-corrected chi connectivity index (χ4v) is 1.63. The Bertz CT molecular complexity index is 220. The molecule has 0 unspecified atom stereocenters. The molecule has 4 heteroatoms. The summed E-state index contributed by atoms with van der Waals surface area (Å²) in [5.41, 5.74) is 0. The predicted octanol–water partition coefficient (Wildman–Crippen LogP) is 0.0334. The predicted molar refractivity (Wildman–Crippen MR) is 53.9 cm³/mol. The highest BCUT2D eigenvalue weighted by Crippen LogP contribution is 2.15. The zero-order chi connectivity index (χ0) is 10.6. The maximum atomic E-state index is 11.5. The minimum absolute atomic E-state index is 0.00581. The van der Waals surface area contributed by atoms with Gasteiger partial charge in [0, 0.05) is 5.92 Å². The number of piperidine rings is 1. The molecule has 0 saturated carbocycles. The summed E-state index contributed by atoms with van der Waals surface area (Å²) in [6.07, 6.45) is 1.81. The maximum absolute atomic E-state index is 11.5. The fourth-order valence-electron chi connectivity index (χ4n) is 1.63. The first kappa shape index (κ1) is 11.2. The topological polar surface area (TPSA) is 49.4 Å². The average Bonchev–Trinajstić information content (AvgIpc) is 2.15. The number of carbonyl (C=O) groups is 2. The third kappa shape index (κ3) is 3.46. The van der Waals surface area contributed by atoms with Gasteiger partial charge in [-0.3, -0.25) is 9.59 Å². The van der Waals surface area contributed by atoms with Crippen molar-refractivity contribution < 1.29 is 9.59 Å². The number of hydrogen-bond acceptors (Lipinski definition) is 3. The van der Waals surface area contributed by atoms with Gasteiger partial charge in [-0.2, -0.15) is 0 Å². The van der Waals surface area contributed by atoms with Crippen LogP contribution in [0.25, 0.3) is 0 Å². The van der Waals surface area contributed by atoms with Gasteiger partial charge in [0.05, 0.1) is 6.54 Å². The van der Waals surface area contributed by atoms with Crippen molar-refractivity contribution in [3.63, 3.8) is 0 Å². The van der Waals surface area contributed by atoms with Crippen LogP contribution in [-0.2, 0) is 9.59 Å². The standard InChI is InChI=1S/C10H18N2O2/c1-8(13)7-11-10(14)9-3-5-12(2)6-4-9/h9H,3-7H2,1-2H3,(H,11,14). The number of nitrogens with zero attached hydrogens (tertiary/aromatic N) is 1. The minimum atomic E-state index is 0.00581. The third-order valence-electron chi connectivity index (χ3n) is 2.60. The lowest BCUT2D eigenvalue weighted by molar-refractivity contribution is -0.128. The highest BCUT2D eigenvalue weighted by atomic mass is 16.2. The first-order valence-corrected chi connectivity index (χ1v) is 5.05. The number of amides is 1. The maximum Gasteiger partial charge on any atom is 0.223 e. The van der Waals surface area contributed by atoms with E-state index in [0.29, 0.717) is 0 Å². The lowest BCUT2D eigenvalue weighted by Crippen LogP contribution is -2.40. The second-order valence-corrected chi connectivity index (χ2v) is 4.00. The third-order valence-corrected chi connectivity index (χ3v) is 2.60. The molecule has 0 aromatic rings. The molecule has 1 saturated heterocycles. The van der Waals surface area contributed by atoms with Crippen molar-refractivity contribution in [1.29, 1.82) is 0 Å². The van der Waals surface area contributed by atoms with Gasteiger partial charge in [-0.05, 0) is 39.9 Å². The Labute approximate surface area is 84.7 Å². The number of nitrogens with one attached hydrogen (secondary N) is 1. The fraction of sp³-hybridized carbons (Fsp3) is 0.800. The van der Waals surface area contributed by atoms with Gasteiger partial charge in [0.25, 0.3) is 0 Å². The molecule has 0 radical (unpaired) electrons. The number of rotatable bonds is 3. The summed E-state index contributed by atoms with van der Waals surface area (Å²) in [5.74, 6) is 0.144. The van der Waals surface area contributed by atoms with Crippen molar-refractivity contribution in [3.8, 4) is 0 Å². The molecule has 1 rings (SSSR count). The Morgan fingerprint density at radius 1 is 1.36 bits per heavy atom. The molecule has 4 nitrogen and oxygen atoms in total. The van der Waals surface area contributed by atoms with E-state index in [0.717, 1.165) is 25.9 Å². The monoisotopic (exact) mass is 198 g/mol. The summed E-state index contributed by atoms with van der Waals surface area (Å²) >= 11 is 0. The Morgan fingerprint density at radius 3 is 2.43 bits per heavy atom. The first-order chi connectivity index (χ1) is 6.59. The van der Waals surface area contributed by atoms with Crippen LogP contribution >= 0.6 is 0 Å². The van der Waals surface area contributed by atoms with Crippen LogP contribution in [0.2, 0.25) is 0 Å². The summed E-state index contributed by atoms with van der Waals surface area (Å²) in [7, 11) is 2.06. The van der Waals surface area contributed by atoms with Crippen molar-refractivity contribution >= 4 is 11.7 Å². The largest absolute Gasteiger partial charge is 0.349 e. The van der Waals surface area contributed by atoms with Crippen molar-refractivity contribution in [2.45, 2.75) is 19.8 Å². The van der Waals surface area contributed by atoms with E-state index in [4.69, 9.17) is 0 Å². The van der Waals surface area contributed by atoms with Gasteiger partial charge < -0.3 is 10.2 Å². The average molecular weight is 198 g/mol. The van der Waals surface area contributed by atoms with Gasteiger partial charge in [0.15, 0.2) is 0 Å². The SMILES string of the molecule is CC(=O)CNC(=O)C1CCN(C)CC1. The van der Waals surface area contributed by atoms with Crippen LogP contribution in [0, 0.1) is 5.92 Å². The summed E-state index contributed by atoms with van der Waals surface area (Å²) in [6.45, 7) is 3.59. The van der Waals surface area contributed by atoms with Crippen LogP contribution in [0.1, 0.15) is 19.8 Å². The van der Waals surface area contributed by atoms with Gasteiger partial charge in [-0.1, -0.05) is 0 Å². The summed E-state index contributed by atoms with van der Waals surface area (Å²) in [4.78, 5) is 24.4. The molecule has 0 bridgehead atoms. The second kappa shape index (κ2) is 5.10. The Morgan fingerprint density at radius 2 is 1.93 bits per heavy atom. The molecule has 0 spiro atoms. The van der Waals surface area contributed by atoms with Gasteiger partial charge in [-0.15, -0.1) is 0 Å². The van der Waals surface area contributed by atoms with Gasteiger partial charge >= 0.3 is 0 Å². The molecule has 1 heterocycles. The molecule has 0 aliphatic carbocycles. The molecule has 0 aromatic carbocycles. The van der Waals surface area contributed by atoms with E-state index in [1.54, 1.807) is 0 Å². The van der Waals surface area contributed by atoms with E-state index in [2.05, 4.69) is 17.3 Å². The minimum Gasteiger partial charge on any atom is -0.349 e. The molecule has 1 aliphatic heterocycles. The smallest absolute Gasteiger partial charge is 0.223 e. The first-order valence-electron chi connectivity index (χ1n) is 5.05. The van der Waals surface area contributed by atoms with Crippen LogP contribution in [0.4, 0.5) is 0 Å². The van der Waals surface area contributed by atoms with Gasteiger partial charge in [0.2, 0.25) is 5.91 Å². The molecule has 1 N–H and O–H groups in total. The van der Waals surface area contributed by atoms with Crippen molar-refractivity contribution in [3.05, 3.63) is 0 Å². The number of ketones is 1. The van der Waals surface area contributed by atoms with Crippen molar-refractivity contribution in [2.24, 2.45) is 5.92 Å². The molecular weight excluding hydrogens is 180 g/mol. The van der Waals surface area contributed by atoms with Crippen LogP contribution in [0.3, 0.4) is 0 Å². The Balaban J connectivity index is 2.27. The molecule has 80 valence electrons. The van der Waals surface area contributed by atoms with Gasteiger partial charge in [-0.25, -0.2) is 0 Å². The Hall–Kier alpha value is -0.900. The lowest BCUT2D eigenvalue weighted by atomic mass is 9.96. The number of carbonyl (C=O) groups excluding carboxylic acids is 2. The normalized spacial score (nSPS) is 19.3. The zero-order valence-corrected chi connectivity index (χ0v) is 8.88. The Kier molecular flexibility index (Phi) is 4.07. The number of hydrogen-bond donors (Lipinski definition) is 1. The molecule has 0 atom stereocenters. The second-order valence-electron chi connectivity index (χ2n) is 4.00. The molecular formula is C10H18N2O2. The van der Waals surface area contributed by atoms with E-state index in [1.807, 2.05) is 0 Å². The molecule has 14 heavy (non-hydrogen) atoms. The van der Waals surface area contributed by atoms with Crippen molar-refractivity contribution in [1.82, 2.24) is 10.2 Å². The highest BCUT2D eigenvalue weighted by molar-refractivity contribution is 5.85. The van der Waals surface area contributed by atoms with Crippen molar-refractivity contribution in [2.75, 3.05) is 26.7 Å². The summed E-state index contributed by atoms with van der Waals surface area (Å²) in [5, 5.41) is 2.66. The van der Waals surface area contributed by atoms with Crippen LogP contribution in [-0.4, -0.2) is 43.3 Å². The summed E-state index contributed by atoms with van der Waals surface area (Å²) < 4.78 is 0. The van der Waals surface area contributed by atoms with E-state index in [9.17, 15) is 9.59 Å². The molecule has 1 amide bonds. The zero-order valence-electron chi connectivity index (χ0n) is 8.88. The number of likely N-dealkylation sites (tertiary alicyclic amines) is 1. The van der Waals surface area contributed by atoms with Gasteiger partial charge in [0.1, 0.15) is 5.78 Å². The number of Topliss-reactive ketones (excluding diaryl/α,β-unsaturated/α-hetero) is 1.